The van der Waals surface area contributed by atoms with E-state index in [9.17, 15) is 18.8 Å². The fourth-order valence-corrected chi connectivity index (χ4v) is 7.42. The van der Waals surface area contributed by atoms with Crippen LogP contribution in [0.3, 0.4) is 0 Å². The molecule has 1 aliphatic carbocycles. The first-order valence-electron chi connectivity index (χ1n) is 17.8. The van der Waals surface area contributed by atoms with Crippen LogP contribution in [0, 0.1) is 11.7 Å². The minimum Gasteiger partial charge on any atom is -0.380 e. The number of imidazole rings is 1. The SMILES string of the molecule is CCOCCNCc1ccc(-c2cccc(-n3c(=O)n(C4CCC(CC(=O)c5cn6c(n5)CCCC6)CC4)c(=O)c4cc(F)cnc43)c2)cc1. The van der Waals surface area contributed by atoms with Gasteiger partial charge >= 0.3 is 5.69 Å². The fraction of sp³-hybridized carbons (Fsp3) is 0.410. The molecule has 1 fully saturated rings. The first-order valence-corrected chi connectivity index (χ1v) is 17.8. The maximum Gasteiger partial charge on any atom is 0.337 e. The molecule has 0 unspecified atom stereocenters. The Kier molecular flexibility index (Phi) is 10.1. The summed E-state index contributed by atoms with van der Waals surface area (Å²) in [5, 5.41) is 3.43. The number of Topliss-reactive ketones (excluding diaryl/α,β-unsaturated/α-hetero) is 1. The molecule has 11 heteroatoms. The van der Waals surface area contributed by atoms with E-state index < -0.39 is 17.1 Å². The predicted molar refractivity (Wildman–Crippen MR) is 190 cm³/mol. The number of ketones is 1. The summed E-state index contributed by atoms with van der Waals surface area (Å²) in [6.07, 6.45) is 8.95. The Morgan fingerprint density at radius 2 is 1.84 bits per heavy atom. The summed E-state index contributed by atoms with van der Waals surface area (Å²) < 4.78 is 24.7. The standard InChI is InChI=1S/C39H43FN6O4/c1-2-50-19-17-41-23-27-9-13-28(14-10-27)29-6-5-7-32(21-29)45-37-33(22-30(40)24-42-37)38(48)46(39(45)49)31-15-11-26(12-16-31)20-35(47)34-25-44-18-4-3-8-36(44)43-34/h5-7,9-10,13-14,21-22,24-26,31,41H,2-4,8,11-12,15-20,23H2,1H3. The molecule has 1 saturated carbocycles. The summed E-state index contributed by atoms with van der Waals surface area (Å²) >= 11 is 0. The van der Waals surface area contributed by atoms with Gasteiger partial charge in [0.25, 0.3) is 5.56 Å². The molecule has 0 amide bonds. The zero-order valence-corrected chi connectivity index (χ0v) is 28.4. The lowest BCUT2D eigenvalue weighted by atomic mass is 9.82. The maximum atomic E-state index is 14.5. The molecule has 50 heavy (non-hydrogen) atoms. The number of hydrogen-bond acceptors (Lipinski definition) is 7. The van der Waals surface area contributed by atoms with E-state index in [1.807, 2.05) is 43.5 Å². The number of carbonyl (C=O) groups is 1. The zero-order valence-electron chi connectivity index (χ0n) is 28.4. The number of nitrogens with zero attached hydrogens (tertiary/aromatic N) is 5. The third-order valence-electron chi connectivity index (χ3n) is 10.1. The average Bonchev–Trinajstić information content (AvgIpc) is 3.58. The molecule has 0 atom stereocenters. The van der Waals surface area contributed by atoms with Gasteiger partial charge in [-0.1, -0.05) is 36.4 Å². The molecule has 0 saturated heterocycles. The smallest absolute Gasteiger partial charge is 0.337 e. The minimum absolute atomic E-state index is 0.0471. The van der Waals surface area contributed by atoms with Gasteiger partial charge in [0.1, 0.15) is 17.3 Å². The van der Waals surface area contributed by atoms with Gasteiger partial charge in [0.2, 0.25) is 0 Å². The molecule has 1 N–H and O–H groups in total. The van der Waals surface area contributed by atoms with Crippen molar-refractivity contribution in [3.05, 3.63) is 111 Å². The molecular weight excluding hydrogens is 635 g/mol. The second-order valence-corrected chi connectivity index (χ2v) is 13.4. The first-order chi connectivity index (χ1) is 24.4. The highest BCUT2D eigenvalue weighted by Gasteiger charge is 2.29. The van der Waals surface area contributed by atoms with Gasteiger partial charge in [0.05, 0.1) is 23.9 Å². The molecule has 1 aliphatic heterocycles. The van der Waals surface area contributed by atoms with Crippen molar-refractivity contribution in [3.63, 3.8) is 0 Å². The molecule has 10 nitrogen and oxygen atoms in total. The number of ether oxygens (including phenoxy) is 1. The van der Waals surface area contributed by atoms with E-state index in [1.165, 1.54) is 9.13 Å². The monoisotopic (exact) mass is 678 g/mol. The van der Waals surface area contributed by atoms with Crippen LogP contribution in [-0.2, 0) is 24.2 Å². The van der Waals surface area contributed by atoms with E-state index in [-0.39, 0.29) is 28.8 Å². The van der Waals surface area contributed by atoms with Crippen molar-refractivity contribution in [2.24, 2.45) is 5.92 Å². The number of pyridine rings is 1. The van der Waals surface area contributed by atoms with Gasteiger partial charge in [-0.2, -0.15) is 0 Å². The Morgan fingerprint density at radius 1 is 1.02 bits per heavy atom. The molecule has 0 radical (unpaired) electrons. The number of rotatable bonds is 12. The van der Waals surface area contributed by atoms with Crippen LogP contribution in [0.1, 0.15) is 79.8 Å². The Balaban J connectivity index is 1.12. The van der Waals surface area contributed by atoms with E-state index in [0.717, 1.165) is 73.7 Å². The highest BCUT2D eigenvalue weighted by Crippen LogP contribution is 2.34. The van der Waals surface area contributed by atoms with Crippen molar-refractivity contribution >= 4 is 16.8 Å². The molecule has 2 aromatic carbocycles. The average molecular weight is 679 g/mol. The number of halogens is 1. The van der Waals surface area contributed by atoms with E-state index in [0.29, 0.717) is 56.7 Å². The second kappa shape index (κ2) is 15.0. The van der Waals surface area contributed by atoms with Crippen LogP contribution in [0.2, 0.25) is 0 Å². The highest BCUT2D eigenvalue weighted by molar-refractivity contribution is 5.94. The molecule has 5 aromatic rings. The number of aromatic nitrogens is 5. The van der Waals surface area contributed by atoms with Crippen LogP contribution in [-0.4, -0.2) is 49.2 Å². The van der Waals surface area contributed by atoms with Crippen LogP contribution >= 0.6 is 0 Å². The van der Waals surface area contributed by atoms with Crippen molar-refractivity contribution in [3.8, 4) is 16.8 Å². The minimum atomic E-state index is -0.643. The quantitative estimate of drug-likeness (QED) is 0.127. The van der Waals surface area contributed by atoms with Gasteiger partial charge in [-0.15, -0.1) is 0 Å². The number of benzene rings is 2. The van der Waals surface area contributed by atoms with Crippen molar-refractivity contribution in [1.82, 2.24) is 29.0 Å². The van der Waals surface area contributed by atoms with Crippen LogP contribution in [0.4, 0.5) is 4.39 Å². The molecule has 2 aliphatic rings. The van der Waals surface area contributed by atoms with Crippen LogP contribution in [0.15, 0.2) is 76.6 Å². The third kappa shape index (κ3) is 7.11. The third-order valence-corrected chi connectivity index (χ3v) is 10.1. The van der Waals surface area contributed by atoms with Crippen molar-refractivity contribution in [2.45, 2.75) is 77.4 Å². The molecule has 3 aromatic heterocycles. The fourth-order valence-electron chi connectivity index (χ4n) is 7.42. The summed E-state index contributed by atoms with van der Waals surface area (Å²) in [4.78, 5) is 50.1. The largest absolute Gasteiger partial charge is 0.380 e. The lowest BCUT2D eigenvalue weighted by Gasteiger charge is -2.29. The zero-order chi connectivity index (χ0) is 34.6. The van der Waals surface area contributed by atoms with Gasteiger partial charge in [-0.25, -0.2) is 23.7 Å². The number of fused-ring (bicyclic) bond motifs is 2. The molecule has 4 heterocycles. The van der Waals surface area contributed by atoms with Gasteiger partial charge in [-0.05, 0) is 86.3 Å². The summed E-state index contributed by atoms with van der Waals surface area (Å²) in [6.45, 7) is 5.75. The van der Waals surface area contributed by atoms with Crippen LogP contribution in [0.25, 0.3) is 27.8 Å². The Labute approximate surface area is 290 Å². The molecule has 260 valence electrons. The molecule has 7 rings (SSSR count). The summed E-state index contributed by atoms with van der Waals surface area (Å²) in [6, 6.07) is 16.5. The molecule has 0 spiro atoms. The van der Waals surface area contributed by atoms with Crippen molar-refractivity contribution in [2.75, 3.05) is 19.8 Å². The molecular formula is C39H43FN6O4. The number of nitrogens with one attached hydrogen (secondary N) is 1. The van der Waals surface area contributed by atoms with E-state index in [1.54, 1.807) is 6.07 Å². The van der Waals surface area contributed by atoms with Gasteiger partial charge in [0, 0.05) is 51.3 Å². The predicted octanol–water partition coefficient (Wildman–Crippen LogP) is 6.02. The van der Waals surface area contributed by atoms with Crippen molar-refractivity contribution < 1.29 is 13.9 Å². The Hall–Kier alpha value is -4.74. The lowest BCUT2D eigenvalue weighted by molar-refractivity contribution is 0.0938. The highest BCUT2D eigenvalue weighted by atomic mass is 19.1. The lowest BCUT2D eigenvalue weighted by Crippen LogP contribution is -2.43. The maximum absolute atomic E-state index is 14.5. The second-order valence-electron chi connectivity index (χ2n) is 13.4. The van der Waals surface area contributed by atoms with Crippen LogP contribution < -0.4 is 16.6 Å². The number of hydrogen-bond donors (Lipinski definition) is 1. The summed E-state index contributed by atoms with van der Waals surface area (Å²) in [5.74, 6) is 0.535. The first kappa shape index (κ1) is 33.7. The van der Waals surface area contributed by atoms with Gasteiger partial charge in [0.15, 0.2) is 11.4 Å². The summed E-state index contributed by atoms with van der Waals surface area (Å²) in [7, 11) is 0. The number of aryl methyl sites for hydroxylation is 2. The Bertz CT molecular complexity index is 2090. The topological polar surface area (TPSA) is 113 Å². The van der Waals surface area contributed by atoms with E-state index in [4.69, 9.17) is 4.74 Å². The summed E-state index contributed by atoms with van der Waals surface area (Å²) in [5.41, 5.74) is 3.14. The van der Waals surface area contributed by atoms with Gasteiger partial charge in [-0.3, -0.25) is 14.2 Å². The van der Waals surface area contributed by atoms with E-state index >= 15 is 0 Å². The normalized spacial score (nSPS) is 17.6. The van der Waals surface area contributed by atoms with E-state index in [2.05, 4.69) is 32.0 Å². The molecule has 0 bridgehead atoms. The van der Waals surface area contributed by atoms with Crippen LogP contribution in [0.5, 0.6) is 0 Å². The number of carbonyl (C=O) groups excluding carboxylic acids is 1. The Morgan fingerprint density at radius 3 is 2.62 bits per heavy atom. The van der Waals surface area contributed by atoms with Crippen molar-refractivity contribution in [1.29, 1.82) is 0 Å². The van der Waals surface area contributed by atoms with Gasteiger partial charge < -0.3 is 14.6 Å².